The van der Waals surface area contributed by atoms with Crippen molar-refractivity contribution in [2.24, 2.45) is 5.92 Å². The zero-order valence-electron chi connectivity index (χ0n) is 19.6. The maximum absolute atomic E-state index is 13.0. The van der Waals surface area contributed by atoms with Crippen LogP contribution in [0.3, 0.4) is 0 Å². The Morgan fingerprint density at radius 1 is 1.18 bits per heavy atom. The van der Waals surface area contributed by atoms with Gasteiger partial charge in [0, 0.05) is 25.2 Å². The lowest BCUT2D eigenvalue weighted by Gasteiger charge is -2.32. The number of piperidine rings is 1. The highest BCUT2D eigenvalue weighted by Crippen LogP contribution is 2.31. The molecule has 10 nitrogen and oxygen atoms in total. The summed E-state index contributed by atoms with van der Waals surface area (Å²) in [6.45, 7) is 7.06. The van der Waals surface area contributed by atoms with Crippen molar-refractivity contribution in [1.82, 2.24) is 9.97 Å². The molecule has 0 saturated carbocycles. The summed E-state index contributed by atoms with van der Waals surface area (Å²) < 4.78 is 5.10. The molecule has 4 rings (SSSR count). The third-order valence-corrected chi connectivity index (χ3v) is 6.44. The zero-order valence-corrected chi connectivity index (χ0v) is 19.6. The summed E-state index contributed by atoms with van der Waals surface area (Å²) >= 11 is 0. The van der Waals surface area contributed by atoms with E-state index in [1.54, 1.807) is 13.0 Å². The first-order valence-corrected chi connectivity index (χ1v) is 11.5. The van der Waals surface area contributed by atoms with Gasteiger partial charge in [-0.05, 0) is 56.9 Å². The third kappa shape index (κ3) is 4.80. The summed E-state index contributed by atoms with van der Waals surface area (Å²) in [6, 6.07) is 5.54. The van der Waals surface area contributed by atoms with Crippen LogP contribution in [0.4, 0.5) is 17.5 Å². The maximum Gasteiger partial charge on any atom is 0.309 e. The number of aromatic amines is 1. The molecule has 0 spiro atoms. The highest BCUT2D eigenvalue weighted by Gasteiger charge is 2.36. The van der Waals surface area contributed by atoms with Gasteiger partial charge >= 0.3 is 5.97 Å². The number of rotatable bonds is 5. The fourth-order valence-corrected chi connectivity index (χ4v) is 4.37. The summed E-state index contributed by atoms with van der Waals surface area (Å²) in [5.74, 6) is -1.75. The number of aromatic nitrogens is 2. The summed E-state index contributed by atoms with van der Waals surface area (Å²) in [5, 5.41) is 5.46. The lowest BCUT2D eigenvalue weighted by molar-refractivity contribution is -0.148. The van der Waals surface area contributed by atoms with E-state index in [1.807, 2.05) is 30.9 Å². The molecule has 3 heterocycles. The van der Waals surface area contributed by atoms with Gasteiger partial charge in [0.2, 0.25) is 17.8 Å². The summed E-state index contributed by atoms with van der Waals surface area (Å²) in [4.78, 5) is 59.5. The molecule has 1 atom stereocenters. The van der Waals surface area contributed by atoms with Gasteiger partial charge < -0.3 is 20.3 Å². The summed E-state index contributed by atoms with van der Waals surface area (Å²) in [7, 11) is 0. The van der Waals surface area contributed by atoms with Crippen molar-refractivity contribution < 1.29 is 19.1 Å². The van der Waals surface area contributed by atoms with Gasteiger partial charge in [0.25, 0.3) is 5.56 Å². The van der Waals surface area contributed by atoms with Crippen molar-refractivity contribution in [2.45, 2.75) is 46.0 Å². The van der Waals surface area contributed by atoms with Crippen LogP contribution in [0.5, 0.6) is 0 Å². The van der Waals surface area contributed by atoms with Crippen LogP contribution in [-0.2, 0) is 19.1 Å². The molecule has 2 aromatic rings. The van der Waals surface area contributed by atoms with Gasteiger partial charge in [-0.15, -0.1) is 0 Å². The predicted octanol–water partition coefficient (Wildman–Crippen LogP) is 2.23. The number of aryl methyl sites for hydroxylation is 2. The predicted molar refractivity (Wildman–Crippen MR) is 127 cm³/mol. The zero-order chi connectivity index (χ0) is 24.4. The van der Waals surface area contributed by atoms with E-state index in [-0.39, 0.29) is 35.6 Å². The first-order valence-electron chi connectivity index (χ1n) is 11.5. The van der Waals surface area contributed by atoms with Gasteiger partial charge in [0.1, 0.15) is 5.82 Å². The summed E-state index contributed by atoms with van der Waals surface area (Å²) in [6.07, 6.45) is 1.01. The van der Waals surface area contributed by atoms with Crippen LogP contribution < -0.4 is 21.1 Å². The fraction of sp³-hybridized carbons (Fsp3) is 0.458. The monoisotopic (exact) mass is 467 g/mol. The molecular formula is C24H29N5O5. The van der Waals surface area contributed by atoms with E-state index in [4.69, 9.17) is 4.74 Å². The minimum absolute atomic E-state index is 0.0998. The second-order valence-corrected chi connectivity index (χ2v) is 8.76. The Hall–Kier alpha value is -3.69. The van der Waals surface area contributed by atoms with Crippen LogP contribution in [0.25, 0.3) is 0 Å². The molecule has 1 saturated heterocycles. The molecule has 0 aliphatic carbocycles. The molecule has 0 radical (unpaired) electrons. The number of hydrogen-bond acceptors (Lipinski definition) is 7. The second-order valence-electron chi connectivity index (χ2n) is 8.76. The normalized spacial score (nSPS) is 18.1. The van der Waals surface area contributed by atoms with Crippen LogP contribution >= 0.6 is 0 Å². The van der Waals surface area contributed by atoms with Crippen LogP contribution in [0.15, 0.2) is 23.0 Å². The van der Waals surface area contributed by atoms with E-state index >= 15 is 0 Å². The Balaban J connectivity index is 1.54. The highest BCUT2D eigenvalue weighted by atomic mass is 16.5. The minimum atomic E-state index is -0.954. The van der Waals surface area contributed by atoms with Crippen molar-refractivity contribution in [3.63, 3.8) is 0 Å². The number of fused-ring (bicyclic) bond motifs is 1. The van der Waals surface area contributed by atoms with E-state index < -0.39 is 17.4 Å². The van der Waals surface area contributed by atoms with Crippen LogP contribution in [-0.4, -0.2) is 47.4 Å². The number of esters is 1. The molecule has 3 N–H and O–H groups in total. The number of nitrogens with one attached hydrogen (secondary N) is 3. The molecule has 1 aromatic carbocycles. The van der Waals surface area contributed by atoms with Crippen LogP contribution in [0.2, 0.25) is 0 Å². The minimum Gasteiger partial charge on any atom is -0.466 e. The molecule has 0 unspecified atom stereocenters. The van der Waals surface area contributed by atoms with E-state index in [0.717, 1.165) is 11.1 Å². The molecule has 0 bridgehead atoms. The van der Waals surface area contributed by atoms with Gasteiger partial charge in [-0.3, -0.25) is 24.2 Å². The number of carbonyl (C=O) groups excluding carboxylic acids is 3. The lowest BCUT2D eigenvalue weighted by atomic mass is 9.92. The van der Waals surface area contributed by atoms with Gasteiger partial charge in [0.15, 0.2) is 0 Å². The Morgan fingerprint density at radius 3 is 2.59 bits per heavy atom. The Bertz CT molecular complexity index is 1180. The van der Waals surface area contributed by atoms with Crippen molar-refractivity contribution >= 4 is 35.2 Å². The van der Waals surface area contributed by atoms with Gasteiger partial charge in [-0.2, -0.15) is 4.98 Å². The topological polar surface area (TPSA) is 133 Å². The summed E-state index contributed by atoms with van der Waals surface area (Å²) in [5.41, 5.74) is 2.40. The first kappa shape index (κ1) is 23.5. The van der Waals surface area contributed by atoms with Gasteiger partial charge in [0.05, 0.1) is 24.0 Å². The number of benzene rings is 1. The number of nitrogens with zero attached hydrogens (tertiary/aromatic N) is 2. The molecule has 10 heteroatoms. The average molecular weight is 468 g/mol. The maximum atomic E-state index is 13.0. The van der Waals surface area contributed by atoms with Gasteiger partial charge in [-0.25, -0.2) is 0 Å². The van der Waals surface area contributed by atoms with Crippen LogP contribution in [0, 0.1) is 19.8 Å². The van der Waals surface area contributed by atoms with Crippen molar-refractivity contribution in [3.05, 3.63) is 45.2 Å². The number of ether oxygens (including phenoxy) is 1. The third-order valence-electron chi connectivity index (χ3n) is 6.44. The first-order chi connectivity index (χ1) is 16.3. The largest absolute Gasteiger partial charge is 0.466 e. The Morgan fingerprint density at radius 2 is 1.91 bits per heavy atom. The van der Waals surface area contributed by atoms with Crippen LogP contribution in [0.1, 0.15) is 48.8 Å². The highest BCUT2D eigenvalue weighted by molar-refractivity contribution is 6.04. The lowest BCUT2D eigenvalue weighted by Crippen LogP contribution is -2.41. The van der Waals surface area contributed by atoms with Gasteiger partial charge in [-0.1, -0.05) is 6.07 Å². The molecule has 1 fully saturated rings. The Labute approximate surface area is 197 Å². The van der Waals surface area contributed by atoms with E-state index in [9.17, 15) is 19.2 Å². The molecule has 2 aliphatic heterocycles. The van der Waals surface area contributed by atoms with E-state index in [1.165, 1.54) is 0 Å². The molecule has 2 aliphatic rings. The number of anilines is 3. The van der Waals surface area contributed by atoms with E-state index in [0.29, 0.717) is 44.2 Å². The SMILES string of the molecule is CCOC(=O)C1CCN(c2nc3c(c(=O)[nH]2)[C@H](C(=O)Nc2ccc(C)c(C)c2)CC(=O)N3)CC1. The van der Waals surface area contributed by atoms with Crippen molar-refractivity contribution in [2.75, 3.05) is 35.2 Å². The van der Waals surface area contributed by atoms with Crippen molar-refractivity contribution in [3.8, 4) is 0 Å². The molecule has 1 aromatic heterocycles. The second kappa shape index (κ2) is 9.66. The average Bonchev–Trinajstić information content (AvgIpc) is 2.80. The number of hydrogen-bond donors (Lipinski definition) is 3. The molecule has 34 heavy (non-hydrogen) atoms. The molecule has 180 valence electrons. The standard InChI is InChI=1S/C24H29N5O5/c1-4-34-23(33)15-7-9-29(10-8-15)24-27-20-19(22(32)28-24)17(12-18(30)26-20)21(31)25-16-6-5-13(2)14(3)11-16/h5-6,11,15,17H,4,7-10,12H2,1-3H3,(H,25,31)(H2,26,27,28,30,32)/t17-/m1/s1. The number of amides is 2. The Kier molecular flexibility index (Phi) is 6.67. The van der Waals surface area contributed by atoms with Crippen molar-refractivity contribution in [1.29, 1.82) is 0 Å². The quantitative estimate of drug-likeness (QED) is 0.574. The smallest absolute Gasteiger partial charge is 0.309 e. The molecule has 2 amide bonds. The number of carbonyl (C=O) groups is 3. The fourth-order valence-electron chi connectivity index (χ4n) is 4.37. The molecular weight excluding hydrogens is 438 g/mol. The van der Waals surface area contributed by atoms with E-state index in [2.05, 4.69) is 20.6 Å². The number of H-pyrrole nitrogens is 1.